The summed E-state index contributed by atoms with van der Waals surface area (Å²) in [6, 6.07) is 20.3. The molecule has 0 aliphatic carbocycles. The van der Waals surface area contributed by atoms with E-state index in [1.165, 1.54) is 76.1 Å². The van der Waals surface area contributed by atoms with E-state index in [9.17, 15) is 27.2 Å². The highest BCUT2D eigenvalue weighted by molar-refractivity contribution is 7.89. The molecule has 42 heavy (non-hydrogen) atoms. The average Bonchev–Trinajstić information content (AvgIpc) is 2.98. The number of nitrogens with one attached hydrogen (secondary N) is 1. The van der Waals surface area contributed by atoms with E-state index in [1.54, 1.807) is 24.3 Å². The van der Waals surface area contributed by atoms with Gasteiger partial charge in [-0.2, -0.15) is 0 Å². The summed E-state index contributed by atoms with van der Waals surface area (Å²) in [5.41, 5.74) is 0.336. The van der Waals surface area contributed by atoms with Gasteiger partial charge in [-0.1, -0.05) is 54.6 Å². The number of fused-ring (bicyclic) bond motifs is 1. The zero-order valence-electron chi connectivity index (χ0n) is 22.1. The lowest BCUT2D eigenvalue weighted by Gasteiger charge is -2.14. The molecular weight excluding hydrogens is 563 g/mol. The molecule has 0 fully saturated rings. The Morgan fingerprint density at radius 1 is 0.881 bits per heavy atom. The van der Waals surface area contributed by atoms with Crippen LogP contribution in [0.4, 0.5) is 4.39 Å². The van der Waals surface area contributed by atoms with E-state index in [0.717, 1.165) is 5.56 Å². The number of pyridine rings is 1. The summed E-state index contributed by atoms with van der Waals surface area (Å²) in [6.45, 7) is 0.0789. The third-order valence-electron chi connectivity index (χ3n) is 6.50. The zero-order valence-corrected chi connectivity index (χ0v) is 22.9. The van der Waals surface area contributed by atoms with Gasteiger partial charge >= 0.3 is 0 Å². The fraction of sp³-hybridized carbons (Fsp3) is 0.100. The summed E-state index contributed by atoms with van der Waals surface area (Å²) in [5.74, 6) is -1.40. The Labute approximate surface area is 239 Å². The maximum atomic E-state index is 13.6. The topological polar surface area (TPSA) is 142 Å². The van der Waals surface area contributed by atoms with Crippen molar-refractivity contribution in [3.63, 3.8) is 0 Å². The van der Waals surface area contributed by atoms with Crippen molar-refractivity contribution in [2.24, 2.45) is 5.14 Å². The Hall–Kier alpha value is -5.07. The van der Waals surface area contributed by atoms with E-state index in [4.69, 9.17) is 9.88 Å². The SMILES string of the molecule is NS(=O)(=O)c1ccc(Cn2ccn3cc(C(=O)NCc4ccc(F)cc4)c(=O)c(OCc4ccccc4)c3c2=O)cc1. The molecule has 5 aromatic rings. The molecular formula is C30H25FN4O6S. The van der Waals surface area contributed by atoms with Crippen molar-refractivity contribution in [1.29, 1.82) is 0 Å². The van der Waals surface area contributed by atoms with E-state index >= 15 is 0 Å². The summed E-state index contributed by atoms with van der Waals surface area (Å²) in [4.78, 5) is 40.2. The summed E-state index contributed by atoms with van der Waals surface area (Å²) < 4.78 is 45.0. The first-order valence-electron chi connectivity index (χ1n) is 12.7. The predicted octanol–water partition coefficient (Wildman–Crippen LogP) is 2.80. The standard InChI is InChI=1S/C30H25FN4O6S/c31-23-10-6-20(7-11-23)16-33-29(37)25-18-34-14-15-35(17-21-8-12-24(13-9-21)42(32,39)40)30(38)26(34)28(27(25)36)41-19-22-4-2-1-3-5-22/h1-15,18H,16-17,19H2,(H,33,37)(H2,32,39,40). The molecule has 2 heterocycles. The second-order valence-corrected chi connectivity index (χ2v) is 11.0. The fourth-order valence-corrected chi connectivity index (χ4v) is 4.82. The van der Waals surface area contributed by atoms with Crippen LogP contribution in [0.15, 0.2) is 112 Å². The van der Waals surface area contributed by atoms with Crippen molar-refractivity contribution < 1.29 is 22.3 Å². The number of rotatable bonds is 9. The van der Waals surface area contributed by atoms with Crippen LogP contribution in [-0.2, 0) is 29.7 Å². The van der Waals surface area contributed by atoms with E-state index < -0.39 is 32.7 Å². The zero-order chi connectivity index (χ0) is 29.9. The van der Waals surface area contributed by atoms with Crippen LogP contribution in [-0.4, -0.2) is 23.3 Å². The van der Waals surface area contributed by atoms with E-state index in [0.29, 0.717) is 11.1 Å². The Morgan fingerprint density at radius 2 is 1.55 bits per heavy atom. The predicted molar refractivity (Wildman–Crippen MR) is 153 cm³/mol. The van der Waals surface area contributed by atoms with Crippen molar-refractivity contribution in [2.75, 3.05) is 0 Å². The number of hydrogen-bond acceptors (Lipinski definition) is 6. The monoisotopic (exact) mass is 588 g/mol. The Kier molecular flexibility index (Phi) is 8.00. The van der Waals surface area contributed by atoms with Gasteiger partial charge in [-0.05, 0) is 41.0 Å². The second kappa shape index (κ2) is 11.8. The van der Waals surface area contributed by atoms with Crippen molar-refractivity contribution in [1.82, 2.24) is 14.3 Å². The molecule has 2 aromatic heterocycles. The third-order valence-corrected chi connectivity index (χ3v) is 7.43. The Balaban J connectivity index is 1.52. The molecule has 10 nitrogen and oxygen atoms in total. The van der Waals surface area contributed by atoms with Gasteiger partial charge in [-0.3, -0.25) is 14.4 Å². The number of halogens is 1. The molecule has 12 heteroatoms. The van der Waals surface area contributed by atoms with Crippen LogP contribution >= 0.6 is 0 Å². The fourth-order valence-electron chi connectivity index (χ4n) is 4.30. The number of primary sulfonamides is 1. The van der Waals surface area contributed by atoms with E-state index in [2.05, 4.69) is 5.32 Å². The minimum Gasteiger partial charge on any atom is -0.483 e. The normalized spacial score (nSPS) is 11.4. The van der Waals surface area contributed by atoms with Crippen molar-refractivity contribution in [3.8, 4) is 5.75 Å². The van der Waals surface area contributed by atoms with Gasteiger partial charge in [0.25, 0.3) is 11.5 Å². The van der Waals surface area contributed by atoms with Crippen LogP contribution in [0.3, 0.4) is 0 Å². The molecule has 1 amide bonds. The molecule has 0 saturated carbocycles. The van der Waals surface area contributed by atoms with Crippen LogP contribution in [0.2, 0.25) is 0 Å². The molecule has 0 bridgehead atoms. The first-order chi connectivity index (χ1) is 20.1. The molecule has 0 atom stereocenters. The second-order valence-electron chi connectivity index (χ2n) is 9.46. The maximum Gasteiger partial charge on any atom is 0.279 e. The number of hydrogen-bond donors (Lipinski definition) is 2. The molecule has 0 aliphatic rings. The minimum atomic E-state index is -3.87. The molecule has 5 rings (SSSR count). The molecule has 3 N–H and O–H groups in total. The van der Waals surface area contributed by atoms with Crippen molar-refractivity contribution in [3.05, 3.63) is 146 Å². The van der Waals surface area contributed by atoms with Crippen LogP contribution in [0, 0.1) is 5.82 Å². The lowest BCUT2D eigenvalue weighted by atomic mass is 10.2. The summed E-state index contributed by atoms with van der Waals surface area (Å²) in [5, 5.41) is 7.81. The first kappa shape index (κ1) is 28.5. The number of nitrogens with zero attached hydrogens (tertiary/aromatic N) is 2. The molecule has 0 aliphatic heterocycles. The van der Waals surface area contributed by atoms with E-state index in [-0.39, 0.29) is 41.4 Å². The number of carbonyl (C=O) groups excluding carboxylic acids is 1. The number of amides is 1. The van der Waals surface area contributed by atoms with Crippen LogP contribution in [0.5, 0.6) is 5.75 Å². The largest absolute Gasteiger partial charge is 0.483 e. The minimum absolute atomic E-state index is 0.0320. The Bertz CT molecular complexity index is 1990. The average molecular weight is 589 g/mol. The van der Waals surface area contributed by atoms with Gasteiger partial charge in [0.05, 0.1) is 11.4 Å². The smallest absolute Gasteiger partial charge is 0.279 e. The van der Waals surface area contributed by atoms with Gasteiger partial charge in [0.15, 0.2) is 11.3 Å². The van der Waals surface area contributed by atoms with Gasteiger partial charge in [0.1, 0.15) is 18.0 Å². The number of ether oxygens (including phenoxy) is 1. The third kappa shape index (κ3) is 6.29. The molecule has 0 saturated heterocycles. The number of sulfonamides is 1. The highest BCUT2D eigenvalue weighted by atomic mass is 32.2. The van der Waals surface area contributed by atoms with Gasteiger partial charge < -0.3 is 19.0 Å². The number of aromatic nitrogens is 2. The van der Waals surface area contributed by atoms with Gasteiger partial charge in [0, 0.05) is 25.1 Å². The van der Waals surface area contributed by atoms with Crippen LogP contribution in [0.25, 0.3) is 5.52 Å². The van der Waals surface area contributed by atoms with Gasteiger partial charge in [-0.25, -0.2) is 17.9 Å². The molecule has 214 valence electrons. The first-order valence-corrected chi connectivity index (χ1v) is 14.2. The summed E-state index contributed by atoms with van der Waals surface area (Å²) >= 11 is 0. The molecule has 3 aromatic carbocycles. The van der Waals surface area contributed by atoms with Crippen LogP contribution < -0.4 is 26.2 Å². The highest BCUT2D eigenvalue weighted by Gasteiger charge is 2.21. The van der Waals surface area contributed by atoms with Crippen LogP contribution in [0.1, 0.15) is 27.0 Å². The molecule has 0 unspecified atom stereocenters. The van der Waals surface area contributed by atoms with Crippen molar-refractivity contribution in [2.45, 2.75) is 24.6 Å². The molecule has 0 spiro atoms. The highest BCUT2D eigenvalue weighted by Crippen LogP contribution is 2.17. The lowest BCUT2D eigenvalue weighted by Crippen LogP contribution is -2.32. The maximum absolute atomic E-state index is 13.6. The summed E-state index contributed by atoms with van der Waals surface area (Å²) in [6.07, 6.45) is 4.26. The van der Waals surface area contributed by atoms with E-state index in [1.807, 2.05) is 6.07 Å². The van der Waals surface area contributed by atoms with Gasteiger partial charge in [-0.15, -0.1) is 0 Å². The number of benzene rings is 3. The van der Waals surface area contributed by atoms with Gasteiger partial charge in [0.2, 0.25) is 15.5 Å². The molecule has 0 radical (unpaired) electrons. The quantitative estimate of drug-likeness (QED) is 0.271. The van der Waals surface area contributed by atoms with Crippen molar-refractivity contribution >= 4 is 21.4 Å². The summed E-state index contributed by atoms with van der Waals surface area (Å²) in [7, 11) is -3.87. The Morgan fingerprint density at radius 3 is 2.21 bits per heavy atom. The number of carbonyl (C=O) groups is 1. The number of nitrogens with two attached hydrogens (primary N) is 1. The lowest BCUT2D eigenvalue weighted by molar-refractivity contribution is 0.0948.